The lowest BCUT2D eigenvalue weighted by atomic mass is 9.80. The number of piperidine rings is 1. The smallest absolute Gasteiger partial charge is 0.246 e. The summed E-state index contributed by atoms with van der Waals surface area (Å²) in [4.78, 5) is 30.4. The summed E-state index contributed by atoms with van der Waals surface area (Å²) in [6, 6.07) is -0.365. The maximum Gasteiger partial charge on any atom is 0.246 e. The van der Waals surface area contributed by atoms with Crippen molar-refractivity contribution in [1.82, 2.24) is 15.1 Å². The molecule has 2 fully saturated rings. The maximum absolute atomic E-state index is 13.1. The van der Waals surface area contributed by atoms with Crippen LogP contribution < -0.4 is 5.32 Å². The molecule has 6 nitrogen and oxygen atoms in total. The number of piperazine rings is 1. The lowest BCUT2D eigenvalue weighted by molar-refractivity contribution is -0.161. The van der Waals surface area contributed by atoms with Crippen LogP contribution in [-0.2, 0) is 9.59 Å². The summed E-state index contributed by atoms with van der Waals surface area (Å²) in [6.45, 7) is 9.89. The van der Waals surface area contributed by atoms with Gasteiger partial charge in [0.05, 0.1) is 0 Å². The molecule has 0 aromatic heterocycles. The second kappa shape index (κ2) is 9.70. The topological polar surface area (TPSA) is 72.9 Å². The van der Waals surface area contributed by atoms with Gasteiger partial charge in [-0.1, -0.05) is 20.8 Å². The largest absolute Gasteiger partial charge is 0.396 e. The minimum Gasteiger partial charge on any atom is -0.396 e. The number of carbonyl (C=O) groups is 2. The highest BCUT2D eigenvalue weighted by Gasteiger charge is 2.53. The average molecular weight is 368 g/mol. The number of rotatable bonds is 9. The van der Waals surface area contributed by atoms with Crippen LogP contribution in [0.4, 0.5) is 0 Å². The highest BCUT2D eigenvalue weighted by atomic mass is 16.3. The quantitative estimate of drug-likeness (QED) is 0.609. The maximum atomic E-state index is 13.1. The fourth-order valence-corrected chi connectivity index (χ4v) is 4.32. The van der Waals surface area contributed by atoms with Gasteiger partial charge < -0.3 is 20.2 Å². The third-order valence-corrected chi connectivity index (χ3v) is 5.78. The first-order chi connectivity index (χ1) is 12.4. The van der Waals surface area contributed by atoms with Crippen LogP contribution in [0.25, 0.3) is 0 Å². The zero-order valence-corrected chi connectivity index (χ0v) is 16.8. The number of likely N-dealkylation sites (tertiary alicyclic amines) is 1. The van der Waals surface area contributed by atoms with E-state index in [9.17, 15) is 9.59 Å². The van der Waals surface area contributed by atoms with Crippen LogP contribution >= 0.6 is 0 Å². The summed E-state index contributed by atoms with van der Waals surface area (Å²) in [5.74, 6) is 0.537. The molecule has 2 N–H and O–H groups in total. The first-order valence-corrected chi connectivity index (χ1v) is 10.4. The van der Waals surface area contributed by atoms with Crippen molar-refractivity contribution in [2.75, 3.05) is 32.8 Å². The van der Waals surface area contributed by atoms with Gasteiger partial charge in [0.1, 0.15) is 11.6 Å². The second-order valence-electron chi connectivity index (χ2n) is 8.30. The van der Waals surface area contributed by atoms with Crippen LogP contribution in [0.15, 0.2) is 0 Å². The van der Waals surface area contributed by atoms with E-state index in [0.717, 1.165) is 58.2 Å². The van der Waals surface area contributed by atoms with Gasteiger partial charge in [-0.05, 0) is 57.4 Å². The Morgan fingerprint density at radius 3 is 2.42 bits per heavy atom. The van der Waals surface area contributed by atoms with E-state index in [1.807, 2.05) is 4.90 Å². The number of hydrogen-bond acceptors (Lipinski definition) is 4. The van der Waals surface area contributed by atoms with Crippen molar-refractivity contribution in [2.24, 2.45) is 5.92 Å². The van der Waals surface area contributed by atoms with E-state index in [2.05, 4.69) is 31.0 Å². The Labute approximate surface area is 158 Å². The number of carbonyl (C=O) groups excluding carboxylic acids is 2. The lowest BCUT2D eigenvalue weighted by Crippen LogP contribution is -2.73. The van der Waals surface area contributed by atoms with Gasteiger partial charge in [-0.3, -0.25) is 9.59 Å². The number of hydrogen-bond donors (Lipinski definition) is 2. The fraction of sp³-hybridized carbons (Fsp3) is 0.900. The zero-order chi connectivity index (χ0) is 19.2. The first-order valence-electron chi connectivity index (χ1n) is 10.4. The van der Waals surface area contributed by atoms with E-state index < -0.39 is 5.54 Å². The molecule has 2 aliphatic rings. The predicted molar refractivity (Wildman–Crippen MR) is 103 cm³/mol. The summed E-state index contributed by atoms with van der Waals surface area (Å²) < 4.78 is 0. The van der Waals surface area contributed by atoms with Crippen molar-refractivity contribution < 1.29 is 14.7 Å². The standard InChI is InChI=1S/C20H37N3O3/c1-4-10-23-18(25)17(15-16(2)3)21-19(26)20(23)8-12-22(13-9-20)11-6-5-7-14-24/h16-17,24H,4-15H2,1-3H3,(H,21,26). The molecule has 1 unspecified atom stereocenters. The van der Waals surface area contributed by atoms with Crippen molar-refractivity contribution in [2.45, 2.75) is 77.3 Å². The Kier molecular flexibility index (Phi) is 7.89. The second-order valence-corrected chi connectivity index (χ2v) is 8.30. The molecule has 0 aromatic rings. The third-order valence-electron chi connectivity index (χ3n) is 5.78. The predicted octanol–water partition coefficient (Wildman–Crippen LogP) is 1.77. The van der Waals surface area contributed by atoms with E-state index in [-0.39, 0.29) is 24.5 Å². The fourth-order valence-electron chi connectivity index (χ4n) is 4.32. The molecule has 2 amide bonds. The van der Waals surface area contributed by atoms with Crippen molar-refractivity contribution >= 4 is 11.8 Å². The molecule has 0 radical (unpaired) electrons. The molecule has 0 saturated carbocycles. The third kappa shape index (κ3) is 4.77. The Morgan fingerprint density at radius 2 is 1.85 bits per heavy atom. The van der Waals surface area contributed by atoms with Gasteiger partial charge in [-0.15, -0.1) is 0 Å². The molecule has 0 bridgehead atoms. The summed E-state index contributed by atoms with van der Waals surface area (Å²) in [5.41, 5.74) is -0.651. The van der Waals surface area contributed by atoms with E-state index >= 15 is 0 Å². The normalized spacial score (nSPS) is 23.7. The Hall–Kier alpha value is -1.14. The molecule has 6 heteroatoms. The zero-order valence-electron chi connectivity index (χ0n) is 16.8. The van der Waals surface area contributed by atoms with Gasteiger partial charge >= 0.3 is 0 Å². The summed E-state index contributed by atoms with van der Waals surface area (Å²) in [6.07, 6.45) is 6.00. The first kappa shape index (κ1) is 21.2. The number of aliphatic hydroxyl groups is 1. The van der Waals surface area contributed by atoms with Gasteiger partial charge in [-0.2, -0.15) is 0 Å². The molecule has 2 rings (SSSR count). The minimum absolute atomic E-state index is 0.0520. The molecule has 1 atom stereocenters. The van der Waals surface area contributed by atoms with E-state index in [4.69, 9.17) is 5.11 Å². The molecule has 0 aliphatic carbocycles. The van der Waals surface area contributed by atoms with Gasteiger partial charge in [0.2, 0.25) is 11.8 Å². The summed E-state index contributed by atoms with van der Waals surface area (Å²) in [5, 5.41) is 11.9. The number of unbranched alkanes of at least 4 members (excludes halogenated alkanes) is 2. The Morgan fingerprint density at radius 1 is 1.15 bits per heavy atom. The number of aliphatic hydroxyl groups excluding tert-OH is 1. The summed E-state index contributed by atoms with van der Waals surface area (Å²) in [7, 11) is 0. The van der Waals surface area contributed by atoms with Crippen LogP contribution in [-0.4, -0.2) is 71.1 Å². The molecule has 2 aliphatic heterocycles. The van der Waals surface area contributed by atoms with Crippen molar-refractivity contribution in [3.05, 3.63) is 0 Å². The van der Waals surface area contributed by atoms with Crippen LogP contribution in [0.5, 0.6) is 0 Å². The van der Waals surface area contributed by atoms with Crippen LogP contribution in [0, 0.1) is 5.92 Å². The highest BCUT2D eigenvalue weighted by Crippen LogP contribution is 2.34. The van der Waals surface area contributed by atoms with Gasteiger partial charge in [0.25, 0.3) is 0 Å². The van der Waals surface area contributed by atoms with Crippen LogP contribution in [0.2, 0.25) is 0 Å². The van der Waals surface area contributed by atoms with E-state index in [0.29, 0.717) is 18.9 Å². The highest BCUT2D eigenvalue weighted by molar-refractivity contribution is 6.00. The number of nitrogens with zero attached hydrogens (tertiary/aromatic N) is 2. The average Bonchev–Trinajstić information content (AvgIpc) is 2.61. The minimum atomic E-state index is -0.651. The lowest BCUT2D eigenvalue weighted by Gasteiger charge is -2.52. The van der Waals surface area contributed by atoms with Crippen LogP contribution in [0.1, 0.15) is 65.7 Å². The van der Waals surface area contributed by atoms with Gasteiger partial charge in [0.15, 0.2) is 0 Å². The van der Waals surface area contributed by atoms with Crippen molar-refractivity contribution in [3.8, 4) is 0 Å². The van der Waals surface area contributed by atoms with Crippen molar-refractivity contribution in [3.63, 3.8) is 0 Å². The molecular weight excluding hydrogens is 330 g/mol. The molecule has 2 heterocycles. The Bertz CT molecular complexity index is 473. The Balaban J connectivity index is 2.02. The van der Waals surface area contributed by atoms with Crippen molar-refractivity contribution in [1.29, 1.82) is 0 Å². The number of nitrogens with one attached hydrogen (secondary N) is 1. The van der Waals surface area contributed by atoms with E-state index in [1.54, 1.807) is 0 Å². The van der Waals surface area contributed by atoms with Gasteiger partial charge in [-0.25, -0.2) is 0 Å². The van der Waals surface area contributed by atoms with Gasteiger partial charge in [0, 0.05) is 26.2 Å². The molecule has 0 aromatic carbocycles. The van der Waals surface area contributed by atoms with Crippen LogP contribution in [0.3, 0.4) is 0 Å². The van der Waals surface area contributed by atoms with E-state index in [1.165, 1.54) is 0 Å². The molecular formula is C20H37N3O3. The number of amides is 2. The molecule has 150 valence electrons. The molecule has 1 spiro atoms. The SMILES string of the molecule is CCCN1C(=O)C(CC(C)C)NC(=O)C12CCN(CCCCCO)CC2. The molecule has 26 heavy (non-hydrogen) atoms. The monoisotopic (exact) mass is 367 g/mol. The molecule has 2 saturated heterocycles. The summed E-state index contributed by atoms with van der Waals surface area (Å²) >= 11 is 0.